The van der Waals surface area contributed by atoms with Crippen molar-refractivity contribution in [3.8, 4) is 5.75 Å². The summed E-state index contributed by atoms with van der Waals surface area (Å²) in [5.74, 6) is 0.354. The van der Waals surface area contributed by atoms with Gasteiger partial charge in [0.1, 0.15) is 5.75 Å². The number of carbonyl (C=O) groups excluding carboxylic acids is 2. The van der Waals surface area contributed by atoms with Gasteiger partial charge in [-0.15, -0.1) is 0 Å². The van der Waals surface area contributed by atoms with Crippen LogP contribution < -0.4 is 21.1 Å². The van der Waals surface area contributed by atoms with E-state index in [-0.39, 0.29) is 12.5 Å². The molecule has 3 amide bonds. The van der Waals surface area contributed by atoms with Crippen LogP contribution in [-0.2, 0) is 4.79 Å². The van der Waals surface area contributed by atoms with Crippen LogP contribution in [-0.4, -0.2) is 18.5 Å². The van der Waals surface area contributed by atoms with Crippen LogP contribution in [0.2, 0.25) is 0 Å². The van der Waals surface area contributed by atoms with Crippen molar-refractivity contribution in [1.29, 1.82) is 0 Å². The fraction of sp³-hybridized carbons (Fsp3) is 0.176. The predicted octanol–water partition coefficient (Wildman–Crippen LogP) is 2.81. The number of hydrogen-bond donors (Lipinski definition) is 3. The molecule has 0 aliphatic rings. The second-order valence-electron chi connectivity index (χ2n) is 5.15. The lowest BCUT2D eigenvalue weighted by Gasteiger charge is -2.10. The van der Waals surface area contributed by atoms with Gasteiger partial charge in [0.15, 0.2) is 6.61 Å². The maximum absolute atomic E-state index is 11.9. The third kappa shape index (κ3) is 5.03. The molecule has 0 saturated carbocycles. The zero-order chi connectivity index (χ0) is 16.8. The summed E-state index contributed by atoms with van der Waals surface area (Å²) < 4.78 is 5.47. The first-order chi connectivity index (χ1) is 10.9. The van der Waals surface area contributed by atoms with Crippen molar-refractivity contribution in [3.63, 3.8) is 0 Å². The van der Waals surface area contributed by atoms with Gasteiger partial charge in [0.25, 0.3) is 5.91 Å². The van der Waals surface area contributed by atoms with E-state index in [1.165, 1.54) is 5.56 Å². The second kappa shape index (κ2) is 7.31. The normalized spacial score (nSPS) is 10.0. The topological polar surface area (TPSA) is 93.4 Å². The zero-order valence-corrected chi connectivity index (χ0v) is 13.1. The Morgan fingerprint density at radius 1 is 1.00 bits per heavy atom. The number of rotatable bonds is 5. The molecule has 0 spiro atoms. The molecule has 0 atom stereocenters. The molecule has 6 heteroatoms. The molecule has 0 saturated heterocycles. The van der Waals surface area contributed by atoms with Crippen molar-refractivity contribution < 1.29 is 14.3 Å². The summed E-state index contributed by atoms with van der Waals surface area (Å²) in [4.78, 5) is 22.7. The van der Waals surface area contributed by atoms with Crippen LogP contribution in [0.3, 0.4) is 0 Å². The standard InChI is InChI=1S/C17H19N3O3/c1-11-6-7-15(8-12(11)2)23-10-16(21)19-13-4-3-5-14(9-13)20-17(18)22/h3-9H,10H2,1-2H3,(H,19,21)(H3,18,20,22). The van der Waals surface area contributed by atoms with Crippen LogP contribution in [0.1, 0.15) is 11.1 Å². The molecular formula is C17H19N3O3. The highest BCUT2D eigenvalue weighted by molar-refractivity contribution is 5.93. The summed E-state index contributed by atoms with van der Waals surface area (Å²) in [6.07, 6.45) is 0. The first kappa shape index (κ1) is 16.4. The van der Waals surface area contributed by atoms with Gasteiger partial charge in [-0.1, -0.05) is 12.1 Å². The van der Waals surface area contributed by atoms with Gasteiger partial charge in [-0.2, -0.15) is 0 Å². The van der Waals surface area contributed by atoms with E-state index in [0.29, 0.717) is 17.1 Å². The van der Waals surface area contributed by atoms with Gasteiger partial charge in [-0.05, 0) is 55.3 Å². The third-order valence-corrected chi connectivity index (χ3v) is 3.26. The third-order valence-electron chi connectivity index (χ3n) is 3.26. The van der Waals surface area contributed by atoms with E-state index >= 15 is 0 Å². The van der Waals surface area contributed by atoms with Crippen LogP contribution in [0, 0.1) is 13.8 Å². The van der Waals surface area contributed by atoms with E-state index in [1.54, 1.807) is 24.3 Å². The van der Waals surface area contributed by atoms with E-state index in [4.69, 9.17) is 10.5 Å². The number of anilines is 2. The number of nitrogens with two attached hydrogens (primary N) is 1. The molecule has 0 aliphatic heterocycles. The summed E-state index contributed by atoms with van der Waals surface area (Å²) in [6, 6.07) is 11.7. The fourth-order valence-electron chi connectivity index (χ4n) is 1.97. The molecule has 0 unspecified atom stereocenters. The summed E-state index contributed by atoms with van der Waals surface area (Å²) in [7, 11) is 0. The van der Waals surface area contributed by atoms with E-state index in [2.05, 4.69) is 10.6 Å². The number of urea groups is 1. The second-order valence-corrected chi connectivity index (χ2v) is 5.15. The Morgan fingerprint density at radius 2 is 1.70 bits per heavy atom. The van der Waals surface area contributed by atoms with E-state index in [0.717, 1.165) is 5.56 Å². The lowest BCUT2D eigenvalue weighted by molar-refractivity contribution is -0.118. The first-order valence-electron chi connectivity index (χ1n) is 7.10. The Morgan fingerprint density at radius 3 is 2.35 bits per heavy atom. The molecule has 2 aromatic carbocycles. The molecule has 0 fully saturated rings. The van der Waals surface area contributed by atoms with Gasteiger partial charge in [0.05, 0.1) is 0 Å². The van der Waals surface area contributed by atoms with Crippen LogP contribution in [0.5, 0.6) is 5.75 Å². The van der Waals surface area contributed by atoms with Crippen LogP contribution in [0.4, 0.5) is 16.2 Å². The Labute approximate surface area is 134 Å². The number of carbonyl (C=O) groups is 2. The van der Waals surface area contributed by atoms with Crippen molar-refractivity contribution in [2.24, 2.45) is 5.73 Å². The van der Waals surface area contributed by atoms with Crippen molar-refractivity contribution in [2.75, 3.05) is 17.2 Å². The molecule has 120 valence electrons. The van der Waals surface area contributed by atoms with Crippen molar-refractivity contribution in [3.05, 3.63) is 53.6 Å². The van der Waals surface area contributed by atoms with Gasteiger partial charge in [0.2, 0.25) is 0 Å². The van der Waals surface area contributed by atoms with Gasteiger partial charge >= 0.3 is 6.03 Å². The van der Waals surface area contributed by atoms with Crippen LogP contribution in [0.15, 0.2) is 42.5 Å². The lowest BCUT2D eigenvalue weighted by Crippen LogP contribution is -2.21. The maximum Gasteiger partial charge on any atom is 0.316 e. The predicted molar refractivity (Wildman–Crippen MR) is 89.7 cm³/mol. The quantitative estimate of drug-likeness (QED) is 0.792. The molecule has 2 aromatic rings. The molecule has 6 nitrogen and oxygen atoms in total. The molecule has 0 bridgehead atoms. The lowest BCUT2D eigenvalue weighted by atomic mass is 10.1. The summed E-state index contributed by atoms with van der Waals surface area (Å²) in [6.45, 7) is 3.90. The molecule has 23 heavy (non-hydrogen) atoms. The minimum Gasteiger partial charge on any atom is -0.484 e. The van der Waals surface area contributed by atoms with Crippen molar-refractivity contribution in [2.45, 2.75) is 13.8 Å². The Hall–Kier alpha value is -3.02. The van der Waals surface area contributed by atoms with E-state index in [9.17, 15) is 9.59 Å². The summed E-state index contributed by atoms with van der Waals surface area (Å²) in [5, 5.41) is 5.14. The molecule has 0 aromatic heterocycles. The summed E-state index contributed by atoms with van der Waals surface area (Å²) in [5.41, 5.74) is 8.38. The molecule has 2 rings (SSSR count). The highest BCUT2D eigenvalue weighted by Gasteiger charge is 2.06. The van der Waals surface area contributed by atoms with Gasteiger partial charge in [-0.3, -0.25) is 4.79 Å². The highest BCUT2D eigenvalue weighted by atomic mass is 16.5. The number of amides is 3. The Balaban J connectivity index is 1.91. The minimum absolute atomic E-state index is 0.101. The molecule has 0 aliphatic carbocycles. The maximum atomic E-state index is 11.9. The van der Waals surface area contributed by atoms with Gasteiger partial charge < -0.3 is 21.1 Å². The average Bonchev–Trinajstić information content (AvgIpc) is 2.48. The Kier molecular flexibility index (Phi) is 5.19. The van der Waals surface area contributed by atoms with Gasteiger partial charge in [0, 0.05) is 11.4 Å². The molecule has 0 radical (unpaired) electrons. The smallest absolute Gasteiger partial charge is 0.316 e. The molecule has 4 N–H and O–H groups in total. The number of ether oxygens (including phenoxy) is 1. The molecular weight excluding hydrogens is 294 g/mol. The molecule has 0 heterocycles. The number of primary amides is 1. The number of benzene rings is 2. The van der Waals surface area contributed by atoms with Crippen LogP contribution >= 0.6 is 0 Å². The van der Waals surface area contributed by atoms with Crippen LogP contribution in [0.25, 0.3) is 0 Å². The van der Waals surface area contributed by atoms with E-state index in [1.807, 2.05) is 32.0 Å². The largest absolute Gasteiger partial charge is 0.484 e. The first-order valence-corrected chi connectivity index (χ1v) is 7.10. The number of hydrogen-bond acceptors (Lipinski definition) is 3. The number of nitrogens with one attached hydrogen (secondary N) is 2. The SMILES string of the molecule is Cc1ccc(OCC(=O)Nc2cccc(NC(N)=O)c2)cc1C. The van der Waals surface area contributed by atoms with Gasteiger partial charge in [-0.25, -0.2) is 4.79 Å². The monoisotopic (exact) mass is 313 g/mol. The zero-order valence-electron chi connectivity index (χ0n) is 13.1. The summed E-state index contributed by atoms with van der Waals surface area (Å²) >= 11 is 0. The average molecular weight is 313 g/mol. The fourth-order valence-corrected chi connectivity index (χ4v) is 1.97. The minimum atomic E-state index is -0.661. The van der Waals surface area contributed by atoms with Crippen molar-refractivity contribution in [1.82, 2.24) is 0 Å². The van der Waals surface area contributed by atoms with E-state index < -0.39 is 6.03 Å². The van der Waals surface area contributed by atoms with Crippen molar-refractivity contribution >= 4 is 23.3 Å². The number of aryl methyl sites for hydroxylation is 2. The Bertz CT molecular complexity index is 729. The highest BCUT2D eigenvalue weighted by Crippen LogP contribution is 2.17.